The summed E-state index contributed by atoms with van der Waals surface area (Å²) in [5.41, 5.74) is 2.54. The monoisotopic (exact) mass is 439 g/mol. The SMILES string of the molecule is Cc1ccc(S(=O)(=O)Nc2ccc(Oc3ccc(C(=O)NC(C)C)cn3)cc2)c(C)c1. The first-order chi connectivity index (χ1) is 14.6. The van der Waals surface area contributed by atoms with E-state index >= 15 is 0 Å². The van der Waals surface area contributed by atoms with E-state index in [4.69, 9.17) is 4.74 Å². The summed E-state index contributed by atoms with van der Waals surface area (Å²) in [4.78, 5) is 16.4. The van der Waals surface area contributed by atoms with Crippen LogP contribution in [0.2, 0.25) is 0 Å². The fraction of sp³-hybridized carbons (Fsp3) is 0.217. The largest absolute Gasteiger partial charge is 0.439 e. The number of aromatic nitrogens is 1. The number of amides is 1. The van der Waals surface area contributed by atoms with E-state index in [1.807, 2.05) is 26.8 Å². The van der Waals surface area contributed by atoms with E-state index in [-0.39, 0.29) is 16.8 Å². The predicted molar refractivity (Wildman–Crippen MR) is 120 cm³/mol. The fourth-order valence-corrected chi connectivity index (χ4v) is 4.23. The Morgan fingerprint density at radius 3 is 2.29 bits per heavy atom. The summed E-state index contributed by atoms with van der Waals surface area (Å²) in [6.07, 6.45) is 1.44. The standard InChI is InChI=1S/C23H25N3O4S/c1-15(2)25-23(27)18-6-12-22(24-14-18)30-20-9-7-19(8-10-20)26-31(28,29)21-11-5-16(3)13-17(21)4/h5-15,26H,1-4H3,(H,25,27). The number of carbonyl (C=O) groups is 1. The number of anilines is 1. The molecule has 3 rings (SSSR count). The van der Waals surface area contributed by atoms with Crippen molar-refractivity contribution in [3.05, 3.63) is 77.5 Å². The van der Waals surface area contributed by atoms with E-state index in [0.29, 0.717) is 28.4 Å². The Hall–Kier alpha value is -3.39. The number of nitrogens with zero attached hydrogens (tertiary/aromatic N) is 1. The maximum atomic E-state index is 12.7. The van der Waals surface area contributed by atoms with Crippen molar-refractivity contribution in [3.8, 4) is 11.6 Å². The Balaban J connectivity index is 1.67. The number of aryl methyl sites for hydroxylation is 2. The van der Waals surface area contributed by atoms with Gasteiger partial charge in [0.15, 0.2) is 0 Å². The lowest BCUT2D eigenvalue weighted by atomic mass is 10.2. The molecular weight excluding hydrogens is 414 g/mol. The molecule has 0 atom stereocenters. The number of rotatable bonds is 7. The molecule has 0 aliphatic heterocycles. The lowest BCUT2D eigenvalue weighted by Gasteiger charge is -2.12. The van der Waals surface area contributed by atoms with Crippen LogP contribution >= 0.6 is 0 Å². The van der Waals surface area contributed by atoms with Gasteiger partial charge in [-0.25, -0.2) is 13.4 Å². The van der Waals surface area contributed by atoms with Crippen LogP contribution in [0, 0.1) is 13.8 Å². The highest BCUT2D eigenvalue weighted by Gasteiger charge is 2.17. The first-order valence-corrected chi connectivity index (χ1v) is 11.3. The molecule has 0 aliphatic carbocycles. The third kappa shape index (κ3) is 5.82. The molecule has 0 spiro atoms. The van der Waals surface area contributed by atoms with Crippen LogP contribution in [0.3, 0.4) is 0 Å². The minimum atomic E-state index is -3.70. The summed E-state index contributed by atoms with van der Waals surface area (Å²) < 4.78 is 33.6. The molecule has 1 aromatic heterocycles. The van der Waals surface area contributed by atoms with Crippen LogP contribution < -0.4 is 14.8 Å². The summed E-state index contributed by atoms with van der Waals surface area (Å²) in [5, 5.41) is 2.80. The van der Waals surface area contributed by atoms with Crippen molar-refractivity contribution in [2.24, 2.45) is 0 Å². The quantitative estimate of drug-likeness (QED) is 0.568. The van der Waals surface area contributed by atoms with Gasteiger partial charge in [-0.05, 0) is 69.7 Å². The molecule has 0 fully saturated rings. The highest BCUT2D eigenvalue weighted by molar-refractivity contribution is 7.92. The van der Waals surface area contributed by atoms with Gasteiger partial charge in [-0.2, -0.15) is 0 Å². The van der Waals surface area contributed by atoms with Gasteiger partial charge < -0.3 is 10.1 Å². The van der Waals surface area contributed by atoms with E-state index in [9.17, 15) is 13.2 Å². The molecule has 162 valence electrons. The fourth-order valence-electron chi connectivity index (χ4n) is 2.94. The van der Waals surface area contributed by atoms with Crippen LogP contribution in [0.25, 0.3) is 0 Å². The second-order valence-electron chi connectivity index (χ2n) is 7.51. The summed E-state index contributed by atoms with van der Waals surface area (Å²) in [7, 11) is -3.70. The maximum absolute atomic E-state index is 12.7. The molecule has 0 radical (unpaired) electrons. The second kappa shape index (κ2) is 9.18. The topological polar surface area (TPSA) is 97.4 Å². The molecule has 0 saturated heterocycles. The number of hydrogen-bond donors (Lipinski definition) is 2. The Morgan fingerprint density at radius 1 is 1.00 bits per heavy atom. The molecule has 31 heavy (non-hydrogen) atoms. The van der Waals surface area contributed by atoms with Crippen LogP contribution in [-0.4, -0.2) is 25.4 Å². The molecule has 0 bridgehead atoms. The van der Waals surface area contributed by atoms with Crippen LogP contribution in [0.1, 0.15) is 35.3 Å². The maximum Gasteiger partial charge on any atom is 0.262 e. The highest BCUT2D eigenvalue weighted by Crippen LogP contribution is 2.24. The Labute approximate surface area is 182 Å². The third-order valence-electron chi connectivity index (χ3n) is 4.37. The van der Waals surface area contributed by atoms with Gasteiger partial charge in [0.25, 0.3) is 15.9 Å². The average molecular weight is 440 g/mol. The summed E-state index contributed by atoms with van der Waals surface area (Å²) in [6, 6.07) is 15.0. The zero-order valence-corrected chi connectivity index (χ0v) is 18.7. The number of pyridine rings is 1. The summed E-state index contributed by atoms with van der Waals surface area (Å²) >= 11 is 0. The van der Waals surface area contributed by atoms with Crippen LogP contribution in [0.4, 0.5) is 5.69 Å². The van der Waals surface area contributed by atoms with Crippen LogP contribution in [-0.2, 0) is 10.0 Å². The molecule has 7 nitrogen and oxygen atoms in total. The predicted octanol–water partition coefficient (Wildman–Crippen LogP) is 4.43. The number of hydrogen-bond acceptors (Lipinski definition) is 5. The first kappa shape index (κ1) is 22.3. The molecular formula is C23H25N3O4S. The van der Waals surface area contributed by atoms with Crippen LogP contribution in [0.5, 0.6) is 11.6 Å². The van der Waals surface area contributed by atoms with Gasteiger partial charge in [-0.1, -0.05) is 17.7 Å². The number of sulfonamides is 1. The van der Waals surface area contributed by atoms with Crippen molar-refractivity contribution in [2.45, 2.75) is 38.6 Å². The van der Waals surface area contributed by atoms with Crippen molar-refractivity contribution >= 4 is 21.6 Å². The molecule has 1 amide bonds. The number of nitrogens with one attached hydrogen (secondary N) is 2. The zero-order valence-electron chi connectivity index (χ0n) is 17.8. The van der Waals surface area contributed by atoms with Crippen molar-refractivity contribution in [1.29, 1.82) is 0 Å². The first-order valence-electron chi connectivity index (χ1n) is 9.79. The lowest BCUT2D eigenvalue weighted by molar-refractivity contribution is 0.0942. The third-order valence-corrected chi connectivity index (χ3v) is 5.91. The van der Waals surface area contributed by atoms with E-state index < -0.39 is 10.0 Å². The van der Waals surface area contributed by atoms with Gasteiger partial charge in [0, 0.05) is 24.0 Å². The van der Waals surface area contributed by atoms with Gasteiger partial charge in [-0.15, -0.1) is 0 Å². The van der Waals surface area contributed by atoms with Crippen LogP contribution in [0.15, 0.2) is 65.7 Å². The minimum absolute atomic E-state index is 0.0364. The molecule has 8 heteroatoms. The van der Waals surface area contributed by atoms with Gasteiger partial charge >= 0.3 is 0 Å². The Morgan fingerprint density at radius 2 is 1.71 bits per heavy atom. The van der Waals surface area contributed by atoms with Gasteiger partial charge in [0.1, 0.15) is 5.75 Å². The normalized spacial score (nSPS) is 11.3. The second-order valence-corrected chi connectivity index (χ2v) is 9.16. The molecule has 2 aromatic carbocycles. The molecule has 0 aliphatic rings. The highest BCUT2D eigenvalue weighted by atomic mass is 32.2. The van der Waals surface area contributed by atoms with Crippen molar-refractivity contribution in [3.63, 3.8) is 0 Å². The number of benzene rings is 2. The average Bonchev–Trinajstić information content (AvgIpc) is 2.69. The lowest BCUT2D eigenvalue weighted by Crippen LogP contribution is -2.30. The molecule has 0 unspecified atom stereocenters. The van der Waals surface area contributed by atoms with E-state index in [0.717, 1.165) is 5.56 Å². The summed E-state index contributed by atoms with van der Waals surface area (Å²) in [5.74, 6) is 0.612. The van der Waals surface area contributed by atoms with E-state index in [1.165, 1.54) is 6.20 Å². The molecule has 1 heterocycles. The molecule has 3 aromatic rings. The van der Waals surface area contributed by atoms with Gasteiger partial charge in [0.2, 0.25) is 5.88 Å². The van der Waals surface area contributed by atoms with Crippen molar-refractivity contribution in [2.75, 3.05) is 4.72 Å². The van der Waals surface area contributed by atoms with Gasteiger partial charge in [0.05, 0.1) is 10.5 Å². The Kier molecular flexibility index (Phi) is 6.60. The molecule has 2 N–H and O–H groups in total. The number of ether oxygens (including phenoxy) is 1. The smallest absolute Gasteiger partial charge is 0.262 e. The zero-order chi connectivity index (χ0) is 22.6. The number of carbonyl (C=O) groups excluding carboxylic acids is 1. The minimum Gasteiger partial charge on any atom is -0.439 e. The van der Waals surface area contributed by atoms with E-state index in [2.05, 4.69) is 15.0 Å². The summed E-state index contributed by atoms with van der Waals surface area (Å²) in [6.45, 7) is 7.45. The van der Waals surface area contributed by atoms with Crippen molar-refractivity contribution in [1.82, 2.24) is 10.3 Å². The Bertz CT molecular complexity index is 1170. The van der Waals surface area contributed by atoms with Gasteiger partial charge in [-0.3, -0.25) is 9.52 Å². The molecule has 0 saturated carbocycles. The van der Waals surface area contributed by atoms with Crippen molar-refractivity contribution < 1.29 is 17.9 Å². The van der Waals surface area contributed by atoms with E-state index in [1.54, 1.807) is 55.5 Å².